The predicted molar refractivity (Wildman–Crippen MR) is 100 cm³/mol. The van der Waals surface area contributed by atoms with Gasteiger partial charge in [0.15, 0.2) is 5.82 Å². The second-order valence-electron chi connectivity index (χ2n) is 4.48. The molecular weight excluding hydrogens is 461 g/mol. The number of anilines is 1. The van der Waals surface area contributed by atoms with Gasteiger partial charge in [0, 0.05) is 14.9 Å². The number of aryl methyl sites for hydroxylation is 1. The van der Waals surface area contributed by atoms with E-state index in [4.69, 9.17) is 10.7 Å². The van der Waals surface area contributed by atoms with Crippen molar-refractivity contribution >= 4 is 55.7 Å². The highest BCUT2D eigenvalue weighted by atomic mass is 127. The molecule has 0 aliphatic carbocycles. The molecule has 0 unspecified atom stereocenters. The number of hydrogen-bond acceptors (Lipinski definition) is 4. The molecule has 0 spiro atoms. The highest BCUT2D eigenvalue weighted by Gasteiger charge is 2.15. The lowest BCUT2D eigenvalue weighted by molar-refractivity contribution is 1.18. The van der Waals surface area contributed by atoms with Crippen molar-refractivity contribution in [1.29, 1.82) is 0 Å². The number of aromatic nitrogens is 2. The molecule has 0 saturated carbocycles. The summed E-state index contributed by atoms with van der Waals surface area (Å²) in [6.07, 6.45) is 0. The van der Waals surface area contributed by atoms with Crippen LogP contribution in [-0.2, 0) is 0 Å². The molecule has 0 atom stereocenters. The number of rotatable bonds is 2. The molecular formula is C15H11BrIN3S. The molecule has 1 aromatic carbocycles. The Balaban J connectivity index is 2.18. The normalized spacial score (nSPS) is 10.8. The van der Waals surface area contributed by atoms with Crippen molar-refractivity contribution in [3.8, 4) is 22.0 Å². The Bertz CT molecular complexity index is 783. The van der Waals surface area contributed by atoms with Gasteiger partial charge in [-0.15, -0.1) is 11.3 Å². The molecule has 0 radical (unpaired) electrons. The zero-order valence-electron chi connectivity index (χ0n) is 11.1. The van der Waals surface area contributed by atoms with Crippen molar-refractivity contribution < 1.29 is 0 Å². The van der Waals surface area contributed by atoms with Crippen molar-refractivity contribution in [2.24, 2.45) is 0 Å². The zero-order valence-corrected chi connectivity index (χ0v) is 15.7. The van der Waals surface area contributed by atoms with Crippen molar-refractivity contribution in [2.75, 3.05) is 5.73 Å². The van der Waals surface area contributed by atoms with E-state index in [1.807, 2.05) is 36.4 Å². The highest BCUT2D eigenvalue weighted by Crippen LogP contribution is 2.35. The molecule has 0 bridgehead atoms. The van der Waals surface area contributed by atoms with E-state index in [1.54, 1.807) is 11.3 Å². The number of thiophene rings is 1. The van der Waals surface area contributed by atoms with Crippen molar-refractivity contribution in [1.82, 2.24) is 9.97 Å². The minimum atomic E-state index is 0.515. The van der Waals surface area contributed by atoms with Crippen LogP contribution in [0.25, 0.3) is 22.0 Å². The molecule has 2 heterocycles. The number of nitrogens with zero attached hydrogens (tertiary/aromatic N) is 2. The van der Waals surface area contributed by atoms with E-state index in [9.17, 15) is 0 Å². The molecule has 3 aromatic rings. The Morgan fingerprint density at radius 3 is 2.52 bits per heavy atom. The maximum Gasteiger partial charge on any atom is 0.172 e. The lowest BCUT2D eigenvalue weighted by atomic mass is 10.1. The van der Waals surface area contributed by atoms with Crippen LogP contribution in [0.5, 0.6) is 0 Å². The van der Waals surface area contributed by atoms with Gasteiger partial charge in [-0.1, -0.05) is 30.3 Å². The topological polar surface area (TPSA) is 51.8 Å². The first-order valence-electron chi connectivity index (χ1n) is 6.21. The van der Waals surface area contributed by atoms with Gasteiger partial charge >= 0.3 is 0 Å². The number of nitrogens with two attached hydrogens (primary N) is 1. The Kier molecular flexibility index (Phi) is 4.28. The molecule has 106 valence electrons. The van der Waals surface area contributed by atoms with Crippen LogP contribution >= 0.6 is 49.9 Å². The quantitative estimate of drug-likeness (QED) is 0.527. The third-order valence-corrected chi connectivity index (χ3v) is 6.20. The van der Waals surface area contributed by atoms with Crippen molar-refractivity contribution in [2.45, 2.75) is 6.92 Å². The summed E-state index contributed by atoms with van der Waals surface area (Å²) in [6.45, 7) is 2.06. The van der Waals surface area contributed by atoms with Crippen LogP contribution in [0.1, 0.15) is 4.88 Å². The lowest BCUT2D eigenvalue weighted by Crippen LogP contribution is -2.01. The maximum atomic E-state index is 6.08. The summed E-state index contributed by atoms with van der Waals surface area (Å²) in [6, 6.07) is 12.1. The summed E-state index contributed by atoms with van der Waals surface area (Å²) < 4.78 is 1.96. The van der Waals surface area contributed by atoms with Gasteiger partial charge in [0.05, 0.1) is 14.1 Å². The Labute approximate surface area is 148 Å². The maximum absolute atomic E-state index is 6.08. The minimum Gasteiger partial charge on any atom is -0.383 e. The largest absolute Gasteiger partial charge is 0.383 e. The van der Waals surface area contributed by atoms with E-state index in [-0.39, 0.29) is 0 Å². The van der Waals surface area contributed by atoms with Crippen molar-refractivity contribution in [3.05, 3.63) is 49.3 Å². The fourth-order valence-electron chi connectivity index (χ4n) is 1.93. The van der Waals surface area contributed by atoms with E-state index in [0.717, 1.165) is 24.2 Å². The fraction of sp³-hybridized carbons (Fsp3) is 0.0667. The third kappa shape index (κ3) is 2.97. The molecule has 2 N–H and O–H groups in total. The van der Waals surface area contributed by atoms with Gasteiger partial charge in [0.1, 0.15) is 5.82 Å². The van der Waals surface area contributed by atoms with Gasteiger partial charge in [-0.05, 0) is 51.5 Å². The lowest BCUT2D eigenvalue weighted by Gasteiger charge is -2.08. The van der Waals surface area contributed by atoms with Crippen LogP contribution in [0.4, 0.5) is 5.82 Å². The molecule has 6 heteroatoms. The van der Waals surface area contributed by atoms with Crippen LogP contribution in [-0.4, -0.2) is 9.97 Å². The second kappa shape index (κ2) is 6.02. The average Bonchev–Trinajstić information content (AvgIpc) is 2.82. The SMILES string of the molecule is Cc1sc(-c2nc(N)c(I)c(-c3ccccc3)n2)cc1Br. The van der Waals surface area contributed by atoms with Crippen LogP contribution in [0.2, 0.25) is 0 Å². The minimum absolute atomic E-state index is 0.515. The summed E-state index contributed by atoms with van der Waals surface area (Å²) >= 11 is 7.39. The van der Waals surface area contributed by atoms with E-state index in [2.05, 4.69) is 50.4 Å². The first-order chi connectivity index (χ1) is 10.1. The first kappa shape index (κ1) is 14.9. The molecule has 21 heavy (non-hydrogen) atoms. The van der Waals surface area contributed by atoms with Gasteiger partial charge in [-0.3, -0.25) is 0 Å². The standard InChI is InChI=1S/C15H11BrIN3S/c1-8-10(16)7-11(21-8)15-19-13(12(17)14(18)20-15)9-5-3-2-4-6-9/h2-7H,1H3,(H2,18,19,20). The van der Waals surface area contributed by atoms with E-state index >= 15 is 0 Å². The molecule has 3 rings (SSSR count). The van der Waals surface area contributed by atoms with E-state index in [0.29, 0.717) is 11.6 Å². The van der Waals surface area contributed by atoms with Crippen LogP contribution in [0, 0.1) is 10.5 Å². The molecule has 0 aliphatic heterocycles. The molecule has 0 amide bonds. The van der Waals surface area contributed by atoms with Crippen LogP contribution in [0.3, 0.4) is 0 Å². The number of halogens is 2. The summed E-state index contributed by atoms with van der Waals surface area (Å²) in [5.74, 6) is 1.19. The summed E-state index contributed by atoms with van der Waals surface area (Å²) in [5, 5.41) is 0. The fourth-order valence-corrected chi connectivity index (χ4v) is 3.95. The Hall–Kier alpha value is -0.990. The van der Waals surface area contributed by atoms with E-state index in [1.165, 1.54) is 4.88 Å². The highest BCUT2D eigenvalue weighted by molar-refractivity contribution is 14.1. The molecule has 0 fully saturated rings. The zero-order chi connectivity index (χ0) is 15.0. The first-order valence-corrected chi connectivity index (χ1v) is 8.90. The number of hydrogen-bond donors (Lipinski definition) is 1. The molecule has 3 nitrogen and oxygen atoms in total. The van der Waals surface area contributed by atoms with Crippen LogP contribution < -0.4 is 5.73 Å². The third-order valence-electron chi connectivity index (χ3n) is 3.00. The predicted octanol–water partition coefficient (Wildman–Crippen LogP) is 5.13. The van der Waals surface area contributed by atoms with Gasteiger partial charge in [-0.25, -0.2) is 9.97 Å². The number of benzene rings is 1. The summed E-state index contributed by atoms with van der Waals surface area (Å²) in [4.78, 5) is 11.4. The second-order valence-corrected chi connectivity index (χ2v) is 7.67. The van der Waals surface area contributed by atoms with Gasteiger partial charge in [-0.2, -0.15) is 0 Å². The van der Waals surface area contributed by atoms with Crippen molar-refractivity contribution in [3.63, 3.8) is 0 Å². The summed E-state index contributed by atoms with van der Waals surface area (Å²) in [5.41, 5.74) is 8.00. The van der Waals surface area contributed by atoms with Gasteiger partial charge in [0.2, 0.25) is 0 Å². The molecule has 2 aromatic heterocycles. The average molecular weight is 472 g/mol. The Morgan fingerprint density at radius 2 is 1.90 bits per heavy atom. The summed E-state index contributed by atoms with van der Waals surface area (Å²) in [7, 11) is 0. The van der Waals surface area contributed by atoms with Gasteiger partial charge in [0.25, 0.3) is 0 Å². The monoisotopic (exact) mass is 471 g/mol. The smallest absolute Gasteiger partial charge is 0.172 e. The van der Waals surface area contributed by atoms with E-state index < -0.39 is 0 Å². The molecule has 0 aliphatic rings. The number of nitrogen functional groups attached to an aromatic ring is 1. The molecule has 0 saturated heterocycles. The van der Waals surface area contributed by atoms with Crippen LogP contribution in [0.15, 0.2) is 40.9 Å². The Morgan fingerprint density at radius 1 is 1.19 bits per heavy atom. The van der Waals surface area contributed by atoms with Gasteiger partial charge < -0.3 is 5.73 Å².